The van der Waals surface area contributed by atoms with Crippen LogP contribution in [0.2, 0.25) is 0 Å². The van der Waals surface area contributed by atoms with Crippen LogP contribution < -0.4 is 44.5 Å². The van der Waals surface area contributed by atoms with Crippen LogP contribution in [0.25, 0.3) is 0 Å². The number of rotatable bonds is 13. The van der Waals surface area contributed by atoms with Crippen molar-refractivity contribution in [3.05, 3.63) is 155 Å². The summed E-state index contributed by atoms with van der Waals surface area (Å²) < 4.78 is 1.80. The van der Waals surface area contributed by atoms with E-state index in [2.05, 4.69) is 52.4 Å². The summed E-state index contributed by atoms with van der Waals surface area (Å²) in [6.07, 6.45) is 6.41. The van der Waals surface area contributed by atoms with Crippen molar-refractivity contribution in [1.82, 2.24) is 15.4 Å². The fourth-order valence-electron chi connectivity index (χ4n) is 7.31. The highest BCUT2D eigenvalue weighted by molar-refractivity contribution is 8.01. The third kappa shape index (κ3) is 8.94. The van der Waals surface area contributed by atoms with Crippen LogP contribution in [0.4, 0.5) is 5.13 Å². The summed E-state index contributed by atoms with van der Waals surface area (Å²) in [5, 5.41) is 11.4. The molecule has 0 unspecified atom stereocenters. The highest BCUT2D eigenvalue weighted by Crippen LogP contribution is 2.42. The zero-order valence-electron chi connectivity index (χ0n) is 32.4. The normalized spacial score (nSPS) is 16.6. The number of halogens is 1. The summed E-state index contributed by atoms with van der Waals surface area (Å²) in [6, 6.07) is 34.0. The van der Waals surface area contributed by atoms with Crippen LogP contribution in [0.5, 0.6) is 0 Å². The SMILES string of the molecule is CO/N=C(\C(=O)NOC(=O)C1=C(CSc2cc[n+](N3CCCCC3=O)cc2)CS[C@H]2CC(=O)N12)c1csc(NC(c2ccccc2)(c2ccccc2)c2ccccc2)n1.[I-]. The van der Waals surface area contributed by atoms with Crippen molar-refractivity contribution < 1.29 is 57.5 Å². The minimum Gasteiger partial charge on any atom is -1.00 e. The van der Waals surface area contributed by atoms with Gasteiger partial charge in [0.25, 0.3) is 5.91 Å². The van der Waals surface area contributed by atoms with Gasteiger partial charge in [-0.15, -0.1) is 39.9 Å². The Hall–Kier alpha value is -5.24. The van der Waals surface area contributed by atoms with Gasteiger partial charge in [-0.1, -0.05) is 101 Å². The Morgan fingerprint density at radius 2 is 1.55 bits per heavy atom. The van der Waals surface area contributed by atoms with Crippen LogP contribution in [-0.2, 0) is 34.4 Å². The number of fused-ring (bicyclic) bond motifs is 1. The number of anilines is 1. The number of nitrogens with one attached hydrogen (secondary N) is 2. The lowest BCUT2D eigenvalue weighted by Crippen LogP contribution is -3.00. The highest BCUT2D eigenvalue weighted by Gasteiger charge is 2.46. The monoisotopic (exact) mass is 973 g/mol. The lowest BCUT2D eigenvalue weighted by Gasteiger charge is -2.44. The Labute approximate surface area is 376 Å². The topological polar surface area (TPSA) is 146 Å². The van der Waals surface area contributed by atoms with Crippen molar-refractivity contribution >= 4 is 69.4 Å². The first-order valence-corrected chi connectivity index (χ1v) is 21.9. The van der Waals surface area contributed by atoms with Gasteiger partial charge in [0.2, 0.25) is 18.3 Å². The number of hydrogen-bond donors (Lipinski definition) is 2. The molecule has 0 spiro atoms. The molecule has 2 aromatic heterocycles. The minimum atomic E-state index is -0.865. The average Bonchev–Trinajstić information content (AvgIpc) is 3.74. The Bertz CT molecular complexity index is 2310. The molecule has 0 saturated carbocycles. The first-order chi connectivity index (χ1) is 28.9. The van der Waals surface area contributed by atoms with Gasteiger partial charge in [0.1, 0.15) is 24.0 Å². The molecule has 60 heavy (non-hydrogen) atoms. The first-order valence-electron chi connectivity index (χ1n) is 19.0. The number of pyridine rings is 1. The number of amides is 3. The van der Waals surface area contributed by atoms with Gasteiger partial charge in [-0.25, -0.2) is 9.78 Å². The van der Waals surface area contributed by atoms with Crippen LogP contribution in [0, 0.1) is 0 Å². The zero-order chi connectivity index (χ0) is 40.8. The van der Waals surface area contributed by atoms with E-state index in [-0.39, 0.29) is 58.3 Å². The quantitative estimate of drug-likeness (QED) is 0.0344. The maximum absolute atomic E-state index is 13.7. The number of thioether (sulfide) groups is 2. The molecule has 5 heterocycles. The number of carbonyl (C=O) groups excluding carboxylic acids is 4. The molecule has 2 saturated heterocycles. The average molecular weight is 974 g/mol. The van der Waals surface area contributed by atoms with Gasteiger partial charge in [-0.3, -0.25) is 19.3 Å². The molecule has 3 aliphatic heterocycles. The van der Waals surface area contributed by atoms with Gasteiger partial charge in [-0.2, -0.15) is 5.48 Å². The summed E-state index contributed by atoms with van der Waals surface area (Å²) in [6.45, 7) is 0.673. The predicted molar refractivity (Wildman–Crippen MR) is 227 cm³/mol. The van der Waals surface area contributed by atoms with Crippen LogP contribution in [0.3, 0.4) is 0 Å². The number of oxime groups is 1. The highest BCUT2D eigenvalue weighted by atomic mass is 127. The third-order valence-corrected chi connectivity index (χ3v) is 13.3. The molecule has 0 radical (unpaired) electrons. The second-order valence-electron chi connectivity index (χ2n) is 13.8. The molecule has 3 aliphatic rings. The van der Waals surface area contributed by atoms with Crippen molar-refractivity contribution in [1.29, 1.82) is 0 Å². The molecule has 5 aromatic rings. The summed E-state index contributed by atoms with van der Waals surface area (Å²) in [5.74, 6) is -0.923. The molecule has 1 atom stereocenters. The molecule has 2 N–H and O–H groups in total. The molecule has 308 valence electrons. The molecule has 3 amide bonds. The number of hydroxylamine groups is 1. The molecule has 2 fully saturated rings. The number of hydrogen-bond acceptors (Lipinski definition) is 12. The Balaban J connectivity index is 0.00000544. The zero-order valence-corrected chi connectivity index (χ0v) is 37.0. The van der Waals surface area contributed by atoms with Gasteiger partial charge in [0.05, 0.1) is 18.3 Å². The van der Waals surface area contributed by atoms with Gasteiger partial charge < -0.3 is 39.0 Å². The maximum Gasteiger partial charge on any atom is 0.379 e. The summed E-state index contributed by atoms with van der Waals surface area (Å²) in [7, 11) is 1.31. The van der Waals surface area contributed by atoms with E-state index in [0.717, 1.165) is 34.4 Å². The summed E-state index contributed by atoms with van der Waals surface area (Å²) in [5.41, 5.74) is 5.08. The van der Waals surface area contributed by atoms with Gasteiger partial charge >= 0.3 is 11.9 Å². The minimum absolute atomic E-state index is 0. The lowest BCUT2D eigenvalue weighted by atomic mass is 9.77. The van der Waals surface area contributed by atoms with Gasteiger partial charge in [0.15, 0.2) is 10.8 Å². The smallest absolute Gasteiger partial charge is 0.379 e. The first kappa shape index (κ1) is 42.9. The molecular formula is C43H40IN7O6S3. The van der Waals surface area contributed by atoms with Crippen molar-refractivity contribution in [2.24, 2.45) is 5.16 Å². The number of β-lactam (4-membered cyclic amide) rings is 1. The largest absolute Gasteiger partial charge is 1.00 e. The summed E-state index contributed by atoms with van der Waals surface area (Å²) >= 11 is 4.36. The molecular weight excluding hydrogens is 934 g/mol. The van der Waals surface area contributed by atoms with Crippen LogP contribution in [0.15, 0.2) is 142 Å². The van der Waals surface area contributed by atoms with Crippen molar-refractivity contribution in [2.75, 3.05) is 35.5 Å². The Morgan fingerprint density at radius 3 is 2.13 bits per heavy atom. The van der Waals surface area contributed by atoms with Crippen LogP contribution >= 0.6 is 34.9 Å². The lowest BCUT2D eigenvalue weighted by molar-refractivity contribution is -0.684. The van der Waals surface area contributed by atoms with Crippen LogP contribution in [0.1, 0.15) is 48.1 Å². The van der Waals surface area contributed by atoms with Crippen molar-refractivity contribution in [3.63, 3.8) is 0 Å². The second kappa shape index (κ2) is 19.4. The number of piperidine rings is 1. The molecule has 0 aliphatic carbocycles. The van der Waals surface area contributed by atoms with E-state index in [1.165, 1.54) is 35.1 Å². The van der Waals surface area contributed by atoms with E-state index in [9.17, 15) is 19.2 Å². The van der Waals surface area contributed by atoms with E-state index in [4.69, 9.17) is 14.7 Å². The van der Waals surface area contributed by atoms with E-state index in [1.807, 2.05) is 79.1 Å². The fourth-order valence-corrected chi connectivity index (χ4v) is 10.4. The Morgan fingerprint density at radius 1 is 0.917 bits per heavy atom. The Kier molecular flexibility index (Phi) is 13.9. The van der Waals surface area contributed by atoms with Crippen LogP contribution in [-0.4, -0.2) is 69.8 Å². The maximum atomic E-state index is 13.7. The van der Waals surface area contributed by atoms with Crippen molar-refractivity contribution in [2.45, 2.75) is 41.5 Å². The molecule has 13 nitrogen and oxygen atoms in total. The molecule has 3 aromatic carbocycles. The van der Waals surface area contributed by atoms with Gasteiger partial charge in [-0.05, 0) is 35.1 Å². The molecule has 0 bridgehead atoms. The molecule has 8 rings (SSSR count). The summed E-state index contributed by atoms with van der Waals surface area (Å²) in [4.78, 5) is 70.2. The van der Waals surface area contributed by atoms with Gasteiger partial charge in [0, 0.05) is 40.3 Å². The van der Waals surface area contributed by atoms with Crippen molar-refractivity contribution in [3.8, 4) is 0 Å². The van der Waals surface area contributed by atoms with E-state index in [0.29, 0.717) is 41.6 Å². The third-order valence-electron chi connectivity index (χ3n) is 10.2. The van der Waals surface area contributed by atoms with E-state index in [1.54, 1.807) is 26.8 Å². The number of benzene rings is 3. The van der Waals surface area contributed by atoms with E-state index < -0.39 is 17.4 Å². The predicted octanol–water partition coefficient (Wildman–Crippen LogP) is 2.76. The standard InChI is InChI=1S/C43H39N7O6S3.HI/c1-55-46-38(34-28-59-42(44-34)45-43(30-13-5-2-6-14-30,31-15-7-3-8-16-31)32-17-9-4-10-18-32)40(53)47-56-41(54)39-29(27-58-37-25-36(52)50(37)39)26-57-33-20-23-48(24-21-33)49-22-12-11-19-35(49)51;/h2-10,13-18,20-21,23-24,28,37H,11-12,19,22,25-27H2,1H3,(H-,44,45,47,53);1H/b46-38-;/t37-;/m0./s1. The number of thiazole rings is 1. The number of aromatic nitrogens is 2. The second-order valence-corrected chi connectivity index (χ2v) is 16.9. The number of nitrogens with zero attached hydrogens (tertiary/aromatic N) is 5. The number of carbonyl (C=O) groups is 4. The fraction of sp³-hybridized carbons (Fsp3) is 0.233. The molecule has 17 heteroatoms. The van der Waals surface area contributed by atoms with E-state index >= 15 is 0 Å².